The number of fused-ring (bicyclic) bond motifs is 2. The average Bonchev–Trinajstić information content (AvgIpc) is 2.77. The van der Waals surface area contributed by atoms with Crippen molar-refractivity contribution in [3.63, 3.8) is 0 Å². The molecule has 4 atom stereocenters. The molecule has 1 aromatic carbocycles. The van der Waals surface area contributed by atoms with Gasteiger partial charge in [0, 0.05) is 18.0 Å². The van der Waals surface area contributed by atoms with Gasteiger partial charge in [-0.3, -0.25) is 9.69 Å². The number of allylic oxidation sites excluding steroid dienone is 1. The molecule has 126 valence electrons. The monoisotopic (exact) mass is 315 g/mol. The van der Waals surface area contributed by atoms with Gasteiger partial charge in [-0.25, -0.2) is 0 Å². The molecule has 0 aromatic heterocycles. The molecule has 0 N–H and O–H groups in total. The molecule has 2 bridgehead atoms. The van der Waals surface area contributed by atoms with Gasteiger partial charge in [-0.15, -0.1) is 0 Å². The lowest BCUT2D eigenvalue weighted by Gasteiger charge is -2.41. The lowest BCUT2D eigenvalue weighted by Crippen LogP contribution is -2.49. The van der Waals surface area contributed by atoms with Crippen molar-refractivity contribution < 1.29 is 9.53 Å². The van der Waals surface area contributed by atoms with Crippen LogP contribution in [0.4, 0.5) is 0 Å². The number of methoxy groups -OCH3 is 1. The van der Waals surface area contributed by atoms with Gasteiger partial charge in [-0.05, 0) is 44.4 Å². The fourth-order valence-electron chi connectivity index (χ4n) is 4.31. The van der Waals surface area contributed by atoms with E-state index in [1.165, 1.54) is 24.7 Å². The summed E-state index contributed by atoms with van der Waals surface area (Å²) in [5.41, 5.74) is 2.48. The van der Waals surface area contributed by atoms with Crippen LogP contribution < -0.4 is 0 Å². The topological polar surface area (TPSA) is 29.5 Å². The molecule has 2 fully saturated rings. The molecule has 23 heavy (non-hydrogen) atoms. The summed E-state index contributed by atoms with van der Waals surface area (Å²) < 4.78 is 5.13. The maximum Gasteiger partial charge on any atom is 0.310 e. The van der Waals surface area contributed by atoms with Crippen LogP contribution in [0.25, 0.3) is 6.08 Å². The first-order chi connectivity index (χ1) is 10.7. The molecular formula is C20H29NO2. The minimum Gasteiger partial charge on any atom is -0.469 e. The van der Waals surface area contributed by atoms with Gasteiger partial charge in [-0.1, -0.05) is 43.8 Å². The number of ether oxygens (including phenoxy) is 1. The van der Waals surface area contributed by atoms with Crippen LogP contribution in [0.2, 0.25) is 0 Å². The summed E-state index contributed by atoms with van der Waals surface area (Å²) in [5.74, 6) is 0.182. The van der Waals surface area contributed by atoms with Crippen molar-refractivity contribution in [2.24, 2.45) is 5.92 Å². The van der Waals surface area contributed by atoms with Crippen LogP contribution in [0.1, 0.15) is 50.7 Å². The van der Waals surface area contributed by atoms with Crippen LogP contribution >= 0.6 is 0 Å². The number of nitrogens with zero attached hydrogens (tertiary/aromatic N) is 1. The smallest absolute Gasteiger partial charge is 0.310 e. The van der Waals surface area contributed by atoms with Crippen molar-refractivity contribution in [1.29, 1.82) is 0 Å². The summed E-state index contributed by atoms with van der Waals surface area (Å²) in [5, 5.41) is 0. The zero-order chi connectivity index (χ0) is 15.7. The normalized spacial score (nSPS) is 30.2. The maximum atomic E-state index is 12.4. The summed E-state index contributed by atoms with van der Waals surface area (Å²) in [7, 11) is 3.67. The van der Waals surface area contributed by atoms with Gasteiger partial charge in [0.05, 0.1) is 13.0 Å². The molecule has 0 spiro atoms. The van der Waals surface area contributed by atoms with E-state index in [2.05, 4.69) is 42.3 Å². The number of benzene rings is 1. The van der Waals surface area contributed by atoms with Crippen molar-refractivity contribution >= 4 is 12.0 Å². The Morgan fingerprint density at radius 1 is 1.26 bits per heavy atom. The van der Waals surface area contributed by atoms with E-state index >= 15 is 0 Å². The third-order valence-electron chi connectivity index (χ3n) is 5.47. The molecule has 3 heteroatoms. The second-order valence-electron chi connectivity index (χ2n) is 6.52. The first kappa shape index (κ1) is 17.7. The lowest BCUT2D eigenvalue weighted by atomic mass is 9.76. The lowest BCUT2D eigenvalue weighted by molar-refractivity contribution is -0.150. The number of hydrogen-bond acceptors (Lipinski definition) is 3. The summed E-state index contributed by atoms with van der Waals surface area (Å²) in [4.78, 5) is 14.8. The molecule has 3 rings (SSSR count). The van der Waals surface area contributed by atoms with E-state index in [1.54, 1.807) is 0 Å². The van der Waals surface area contributed by atoms with Crippen LogP contribution in [0.15, 0.2) is 30.3 Å². The van der Waals surface area contributed by atoms with Crippen molar-refractivity contribution in [1.82, 2.24) is 4.90 Å². The number of esters is 1. The number of carbonyl (C=O) groups is 1. The van der Waals surface area contributed by atoms with Crippen LogP contribution in [0.3, 0.4) is 0 Å². The van der Waals surface area contributed by atoms with Crippen LogP contribution in [0.5, 0.6) is 0 Å². The van der Waals surface area contributed by atoms with Crippen molar-refractivity contribution in [3.8, 4) is 0 Å². The van der Waals surface area contributed by atoms with Crippen molar-refractivity contribution in [2.45, 2.75) is 51.6 Å². The molecule has 0 aliphatic carbocycles. The number of rotatable bonds is 3. The van der Waals surface area contributed by atoms with E-state index in [4.69, 9.17) is 4.74 Å². The fraction of sp³-hybridized carbons (Fsp3) is 0.550. The van der Waals surface area contributed by atoms with Crippen LogP contribution in [-0.2, 0) is 9.53 Å². The van der Waals surface area contributed by atoms with E-state index in [0.717, 1.165) is 12.8 Å². The Balaban J connectivity index is 0.00000192. The average molecular weight is 315 g/mol. The molecule has 3 nitrogen and oxygen atoms in total. The minimum absolute atomic E-state index is 0. The second-order valence-corrected chi connectivity index (χ2v) is 6.52. The van der Waals surface area contributed by atoms with E-state index in [1.807, 2.05) is 13.0 Å². The summed E-state index contributed by atoms with van der Waals surface area (Å²) in [6.07, 6.45) is 7.49. The Kier molecular flexibility index (Phi) is 5.64. The third-order valence-corrected chi connectivity index (χ3v) is 5.47. The number of carbonyl (C=O) groups excluding carboxylic acids is 1. The molecule has 0 amide bonds. The van der Waals surface area contributed by atoms with Crippen LogP contribution in [0, 0.1) is 5.92 Å². The predicted octanol–water partition coefficient (Wildman–Crippen LogP) is 4.10. The van der Waals surface area contributed by atoms with Crippen LogP contribution in [-0.4, -0.2) is 37.1 Å². The molecule has 2 saturated heterocycles. The standard InChI is InChI=1S/C19H25NO2.CH4/c1-4-5-13-6-8-14(9-7-13)16-12-15-10-11-17(20(15)2)18(16)19(21)22-3;/h4-9,15-18H,10-12H2,1-3H3;1H4/b5-4-;/t15-,16-,17?,18?;/m1./s1. The van der Waals surface area contributed by atoms with E-state index in [9.17, 15) is 4.79 Å². The number of piperidine rings is 1. The van der Waals surface area contributed by atoms with E-state index < -0.39 is 0 Å². The molecule has 2 heterocycles. The highest BCUT2D eigenvalue weighted by Gasteiger charge is 2.49. The highest BCUT2D eigenvalue weighted by Crippen LogP contribution is 2.46. The van der Waals surface area contributed by atoms with Gasteiger partial charge in [0.1, 0.15) is 0 Å². The quantitative estimate of drug-likeness (QED) is 0.787. The Bertz CT molecular complexity index is 564. The molecule has 2 aliphatic heterocycles. The summed E-state index contributed by atoms with van der Waals surface area (Å²) in [6, 6.07) is 9.58. The maximum absolute atomic E-state index is 12.4. The molecule has 0 saturated carbocycles. The molecular weight excluding hydrogens is 286 g/mol. The largest absolute Gasteiger partial charge is 0.469 e. The van der Waals surface area contributed by atoms with Gasteiger partial charge in [0.15, 0.2) is 0 Å². The van der Waals surface area contributed by atoms with Gasteiger partial charge in [0.2, 0.25) is 0 Å². The zero-order valence-electron chi connectivity index (χ0n) is 13.7. The molecule has 1 aromatic rings. The Labute approximate surface area is 140 Å². The predicted molar refractivity (Wildman–Crippen MR) is 95.3 cm³/mol. The first-order valence-electron chi connectivity index (χ1n) is 8.18. The third kappa shape index (κ3) is 3.20. The second kappa shape index (κ2) is 7.31. The summed E-state index contributed by atoms with van der Waals surface area (Å²) >= 11 is 0. The molecule has 0 radical (unpaired) electrons. The number of hydrogen-bond donors (Lipinski definition) is 0. The zero-order valence-corrected chi connectivity index (χ0v) is 13.7. The Morgan fingerprint density at radius 2 is 1.96 bits per heavy atom. The Morgan fingerprint density at radius 3 is 2.57 bits per heavy atom. The summed E-state index contributed by atoms with van der Waals surface area (Å²) in [6.45, 7) is 2.02. The SMILES string of the molecule is C.C/C=C\c1ccc([C@H]2C[C@H]3CCC(C2C(=O)OC)N3C)cc1. The van der Waals surface area contributed by atoms with Gasteiger partial charge in [0.25, 0.3) is 0 Å². The Hall–Kier alpha value is -1.61. The highest BCUT2D eigenvalue weighted by molar-refractivity contribution is 5.75. The molecule has 2 aliphatic rings. The molecule has 2 unspecified atom stereocenters. The van der Waals surface area contributed by atoms with E-state index in [-0.39, 0.29) is 25.2 Å². The van der Waals surface area contributed by atoms with Crippen molar-refractivity contribution in [3.05, 3.63) is 41.5 Å². The minimum atomic E-state index is -0.0558. The fourth-order valence-corrected chi connectivity index (χ4v) is 4.31. The van der Waals surface area contributed by atoms with Crippen molar-refractivity contribution in [2.75, 3.05) is 14.2 Å². The first-order valence-corrected chi connectivity index (χ1v) is 8.18. The van der Waals surface area contributed by atoms with Gasteiger partial charge >= 0.3 is 5.97 Å². The van der Waals surface area contributed by atoms with Gasteiger partial charge < -0.3 is 4.74 Å². The van der Waals surface area contributed by atoms with Gasteiger partial charge in [-0.2, -0.15) is 0 Å². The highest BCUT2D eigenvalue weighted by atomic mass is 16.5. The van der Waals surface area contributed by atoms with E-state index in [0.29, 0.717) is 12.1 Å².